The van der Waals surface area contributed by atoms with Gasteiger partial charge in [-0.05, 0) is 77.0 Å². The van der Waals surface area contributed by atoms with Gasteiger partial charge in [-0.1, -0.05) is 13.8 Å². The van der Waals surface area contributed by atoms with Gasteiger partial charge in [-0.25, -0.2) is 0 Å². The van der Waals surface area contributed by atoms with Gasteiger partial charge in [-0.15, -0.1) is 12.3 Å². The summed E-state index contributed by atoms with van der Waals surface area (Å²) in [6.07, 6.45) is 13.5. The lowest BCUT2D eigenvalue weighted by atomic mass is 9.47. The van der Waals surface area contributed by atoms with Gasteiger partial charge in [0.1, 0.15) is 11.4 Å². The first kappa shape index (κ1) is 19.5. The van der Waals surface area contributed by atoms with E-state index in [1.165, 1.54) is 6.42 Å². The quantitative estimate of drug-likeness (QED) is 0.631. The van der Waals surface area contributed by atoms with Gasteiger partial charge in [0.25, 0.3) is 0 Å². The van der Waals surface area contributed by atoms with Crippen LogP contribution in [0, 0.1) is 40.9 Å². The normalized spacial score (nSPS) is 51.0. The molecule has 1 aliphatic heterocycles. The second-order valence-corrected chi connectivity index (χ2v) is 10.6. The molecule has 4 fully saturated rings. The van der Waals surface area contributed by atoms with Crippen LogP contribution in [-0.2, 0) is 14.3 Å². The maximum atomic E-state index is 12.9. The van der Waals surface area contributed by atoms with Crippen LogP contribution in [0.15, 0.2) is 0 Å². The third-order valence-electron chi connectivity index (χ3n) is 9.11. The molecular formula is C24H36O3. The van der Waals surface area contributed by atoms with Crippen LogP contribution < -0.4 is 0 Å². The molecule has 0 aromatic heterocycles. The first-order chi connectivity index (χ1) is 12.6. The second-order valence-electron chi connectivity index (χ2n) is 10.6. The average molecular weight is 373 g/mol. The van der Waals surface area contributed by atoms with Gasteiger partial charge in [-0.3, -0.25) is 4.79 Å². The lowest BCUT2D eigenvalue weighted by Crippen LogP contribution is -2.58. The summed E-state index contributed by atoms with van der Waals surface area (Å²) in [6, 6.07) is 0. The molecule has 3 nitrogen and oxygen atoms in total. The molecule has 0 aromatic rings. The zero-order valence-electron chi connectivity index (χ0n) is 17.8. The van der Waals surface area contributed by atoms with Crippen LogP contribution in [0.25, 0.3) is 0 Å². The van der Waals surface area contributed by atoms with Crippen LogP contribution in [0.1, 0.15) is 86.0 Å². The molecule has 0 aromatic carbocycles. The van der Waals surface area contributed by atoms with Gasteiger partial charge < -0.3 is 9.47 Å². The minimum atomic E-state index is -0.502. The molecule has 7 atom stereocenters. The highest BCUT2D eigenvalue weighted by Gasteiger charge is 2.70. The van der Waals surface area contributed by atoms with E-state index >= 15 is 0 Å². The molecule has 0 bridgehead atoms. The Hall–Kier alpha value is -0.850. The van der Waals surface area contributed by atoms with Crippen molar-refractivity contribution >= 4 is 5.78 Å². The van der Waals surface area contributed by atoms with Gasteiger partial charge in [0, 0.05) is 23.7 Å². The zero-order valence-corrected chi connectivity index (χ0v) is 17.8. The molecular weight excluding hydrogens is 336 g/mol. The summed E-state index contributed by atoms with van der Waals surface area (Å²) >= 11 is 0. The zero-order chi connectivity index (χ0) is 19.7. The molecule has 150 valence electrons. The third-order valence-corrected chi connectivity index (χ3v) is 9.11. The highest BCUT2D eigenvalue weighted by Crippen LogP contribution is 2.69. The fraction of sp³-hybridized carbons (Fsp3) is 0.875. The van der Waals surface area contributed by atoms with Gasteiger partial charge >= 0.3 is 0 Å². The highest BCUT2D eigenvalue weighted by molar-refractivity contribution is 5.85. The predicted molar refractivity (Wildman–Crippen MR) is 106 cm³/mol. The van der Waals surface area contributed by atoms with Gasteiger partial charge in [0.15, 0.2) is 5.79 Å². The number of ether oxygens (including phenoxy) is 2. The van der Waals surface area contributed by atoms with Crippen molar-refractivity contribution in [2.45, 2.75) is 103 Å². The molecule has 1 spiro atoms. The molecule has 3 aliphatic carbocycles. The average Bonchev–Trinajstić information content (AvgIpc) is 3.02. The van der Waals surface area contributed by atoms with Gasteiger partial charge in [0.2, 0.25) is 0 Å². The third kappa shape index (κ3) is 2.52. The van der Waals surface area contributed by atoms with Crippen LogP contribution in [-0.4, -0.2) is 23.3 Å². The number of hydrogen-bond acceptors (Lipinski definition) is 3. The lowest BCUT2D eigenvalue weighted by molar-refractivity contribution is -0.199. The molecule has 0 radical (unpaired) electrons. The first-order valence-electron chi connectivity index (χ1n) is 10.9. The fourth-order valence-electron chi connectivity index (χ4n) is 7.86. The summed E-state index contributed by atoms with van der Waals surface area (Å²) < 4.78 is 12.9. The molecule has 0 N–H and O–H groups in total. The summed E-state index contributed by atoms with van der Waals surface area (Å²) in [4.78, 5) is 12.9. The Balaban J connectivity index is 1.66. The Kier molecular flexibility index (Phi) is 4.38. The monoisotopic (exact) mass is 372 g/mol. The first-order valence-corrected chi connectivity index (χ1v) is 10.9. The van der Waals surface area contributed by atoms with Crippen LogP contribution in [0.2, 0.25) is 0 Å². The molecule has 27 heavy (non-hydrogen) atoms. The van der Waals surface area contributed by atoms with Crippen molar-refractivity contribution in [1.82, 2.24) is 0 Å². The van der Waals surface area contributed by atoms with E-state index < -0.39 is 5.79 Å². The number of rotatable bonds is 2. The minimum Gasteiger partial charge on any atom is -0.345 e. The standard InChI is InChI=1S/C24H36O3/c1-7-8-13-22(5)18-11-14-23(6)19(17(18)9-10-20(22)25)12-15-24(23)16(2)26-21(3,4)27-24/h1,16-19H,8-15H2,2-6H3/t16?,17-,18+,19+,22-,23+,24+/m1/s1. The molecule has 4 rings (SSSR count). The summed E-state index contributed by atoms with van der Waals surface area (Å²) in [5.41, 5.74) is -0.276. The SMILES string of the molecule is C#CCC[C@@]1(C)C(=O)CC[C@@H]2[C@@H]1CC[C@@]1(C)[C@H]2CC[C@@]12OC(C)(C)OC2C. The van der Waals surface area contributed by atoms with Crippen LogP contribution in [0.5, 0.6) is 0 Å². The van der Waals surface area contributed by atoms with Gasteiger partial charge in [0.05, 0.1) is 6.10 Å². The van der Waals surface area contributed by atoms with Gasteiger partial charge in [-0.2, -0.15) is 0 Å². The Morgan fingerprint density at radius 2 is 1.81 bits per heavy atom. The topological polar surface area (TPSA) is 35.5 Å². The van der Waals surface area contributed by atoms with Crippen molar-refractivity contribution in [3.05, 3.63) is 0 Å². The van der Waals surface area contributed by atoms with E-state index in [1.807, 2.05) is 0 Å². The summed E-state index contributed by atoms with van der Waals surface area (Å²) in [5, 5.41) is 0. The number of terminal acetylenes is 1. The van der Waals surface area contributed by atoms with Crippen LogP contribution >= 0.6 is 0 Å². The number of Topliss-reactive ketones (excluding diaryl/α,β-unsaturated/α-hetero) is 1. The molecule has 1 saturated heterocycles. The van der Waals surface area contributed by atoms with Crippen molar-refractivity contribution in [1.29, 1.82) is 0 Å². The second kappa shape index (κ2) is 6.07. The Morgan fingerprint density at radius 1 is 1.11 bits per heavy atom. The Labute approximate surface area is 164 Å². The number of carbonyl (C=O) groups is 1. The van der Waals surface area contributed by atoms with E-state index in [1.54, 1.807) is 0 Å². The molecule has 3 heteroatoms. The number of hydrogen-bond donors (Lipinski definition) is 0. The Morgan fingerprint density at radius 3 is 2.44 bits per heavy atom. The molecule has 1 unspecified atom stereocenters. The van der Waals surface area contributed by atoms with Crippen molar-refractivity contribution in [3.8, 4) is 12.3 Å². The lowest BCUT2D eigenvalue weighted by Gasteiger charge is -2.57. The molecule has 4 aliphatic rings. The van der Waals surface area contributed by atoms with E-state index in [9.17, 15) is 4.79 Å². The number of fused-ring (bicyclic) bond motifs is 4. The fourth-order valence-corrected chi connectivity index (χ4v) is 7.86. The van der Waals surface area contributed by atoms with E-state index in [2.05, 4.69) is 40.5 Å². The summed E-state index contributed by atoms with van der Waals surface area (Å²) in [5.74, 6) is 4.43. The molecule has 3 saturated carbocycles. The van der Waals surface area contributed by atoms with Crippen molar-refractivity contribution in [2.24, 2.45) is 28.6 Å². The van der Waals surface area contributed by atoms with E-state index in [-0.39, 0.29) is 22.5 Å². The largest absolute Gasteiger partial charge is 0.345 e. The number of carbonyl (C=O) groups excluding carboxylic acids is 1. The predicted octanol–water partition coefficient (Wildman–Crippen LogP) is 5.12. The van der Waals surface area contributed by atoms with Crippen LogP contribution in [0.3, 0.4) is 0 Å². The van der Waals surface area contributed by atoms with E-state index in [4.69, 9.17) is 15.9 Å². The number of ketones is 1. The van der Waals surface area contributed by atoms with Crippen molar-refractivity contribution < 1.29 is 14.3 Å². The summed E-state index contributed by atoms with van der Waals surface area (Å²) in [6.45, 7) is 11.0. The van der Waals surface area contributed by atoms with E-state index in [0.717, 1.165) is 38.5 Å². The van der Waals surface area contributed by atoms with Crippen LogP contribution in [0.4, 0.5) is 0 Å². The van der Waals surface area contributed by atoms with Crippen molar-refractivity contribution in [3.63, 3.8) is 0 Å². The maximum absolute atomic E-state index is 12.9. The molecule has 0 amide bonds. The smallest absolute Gasteiger partial charge is 0.164 e. The minimum absolute atomic E-state index is 0.122. The molecule has 1 heterocycles. The Bertz CT molecular complexity index is 676. The summed E-state index contributed by atoms with van der Waals surface area (Å²) in [7, 11) is 0. The highest BCUT2D eigenvalue weighted by atomic mass is 16.8. The van der Waals surface area contributed by atoms with E-state index in [0.29, 0.717) is 30.0 Å². The maximum Gasteiger partial charge on any atom is 0.164 e. The van der Waals surface area contributed by atoms with Crippen molar-refractivity contribution in [2.75, 3.05) is 0 Å².